The summed E-state index contributed by atoms with van der Waals surface area (Å²) in [5.41, 5.74) is 1.05. The summed E-state index contributed by atoms with van der Waals surface area (Å²) in [6.45, 7) is 7.74. The number of hydrogen-bond donors (Lipinski definition) is 2. The maximum atomic E-state index is 4.72. The Morgan fingerprint density at radius 2 is 2.15 bits per heavy atom. The topological polar surface area (TPSA) is 65.4 Å². The van der Waals surface area contributed by atoms with Crippen LogP contribution in [0.2, 0.25) is 0 Å². The molecule has 0 spiro atoms. The van der Waals surface area contributed by atoms with Crippen molar-refractivity contribution in [3.63, 3.8) is 0 Å². The van der Waals surface area contributed by atoms with Gasteiger partial charge in [-0.15, -0.1) is 11.3 Å². The number of nitrogens with one attached hydrogen (secondary N) is 2. The Balaban J connectivity index is 1.52. The van der Waals surface area contributed by atoms with E-state index in [4.69, 9.17) is 4.99 Å². The predicted molar refractivity (Wildman–Crippen MR) is 109 cm³/mol. The molecule has 0 saturated carbocycles. The van der Waals surface area contributed by atoms with E-state index in [0.717, 1.165) is 56.4 Å². The lowest BCUT2D eigenvalue weighted by molar-refractivity contribution is 0.459. The highest BCUT2D eigenvalue weighted by atomic mass is 32.1. The van der Waals surface area contributed by atoms with Gasteiger partial charge in [0.05, 0.1) is 17.2 Å². The number of anilines is 1. The van der Waals surface area contributed by atoms with E-state index in [0.29, 0.717) is 12.6 Å². The SMILES string of the molecule is CCNC(=NCc1csc(CC)n1)NC1CCN(c2ccccn2)CC1. The average molecular weight is 373 g/mol. The molecule has 2 aromatic heterocycles. The third-order valence-corrected chi connectivity index (χ3v) is 5.50. The Morgan fingerprint density at radius 1 is 1.31 bits per heavy atom. The van der Waals surface area contributed by atoms with Crippen LogP contribution in [-0.2, 0) is 13.0 Å². The van der Waals surface area contributed by atoms with Gasteiger partial charge < -0.3 is 15.5 Å². The lowest BCUT2D eigenvalue weighted by Crippen LogP contribution is -2.48. The lowest BCUT2D eigenvalue weighted by atomic mass is 10.1. The monoisotopic (exact) mass is 372 g/mol. The highest BCUT2D eigenvalue weighted by Crippen LogP contribution is 2.17. The first kappa shape index (κ1) is 18.6. The molecule has 0 amide bonds. The molecule has 1 aliphatic rings. The number of pyridine rings is 1. The van der Waals surface area contributed by atoms with Gasteiger partial charge in [-0.2, -0.15) is 0 Å². The van der Waals surface area contributed by atoms with Gasteiger partial charge in [-0.25, -0.2) is 15.0 Å². The summed E-state index contributed by atoms with van der Waals surface area (Å²) in [7, 11) is 0. The molecule has 2 N–H and O–H groups in total. The Hall–Kier alpha value is -2.15. The van der Waals surface area contributed by atoms with Gasteiger partial charge in [0.2, 0.25) is 0 Å². The van der Waals surface area contributed by atoms with Crippen LogP contribution in [0.5, 0.6) is 0 Å². The van der Waals surface area contributed by atoms with E-state index in [1.165, 1.54) is 5.01 Å². The molecule has 1 aliphatic heterocycles. The molecule has 3 rings (SSSR count). The Kier molecular flexibility index (Phi) is 6.82. The molecule has 1 fully saturated rings. The van der Waals surface area contributed by atoms with Crippen LogP contribution in [0.15, 0.2) is 34.8 Å². The van der Waals surface area contributed by atoms with Gasteiger partial charge in [-0.05, 0) is 38.3 Å². The zero-order chi connectivity index (χ0) is 18.2. The molecule has 140 valence electrons. The third kappa shape index (κ3) is 5.17. The Bertz CT molecular complexity index is 691. The second-order valence-corrected chi connectivity index (χ2v) is 7.32. The van der Waals surface area contributed by atoms with Gasteiger partial charge in [0.25, 0.3) is 0 Å². The summed E-state index contributed by atoms with van der Waals surface area (Å²) in [4.78, 5) is 16.1. The van der Waals surface area contributed by atoms with Crippen LogP contribution in [0.3, 0.4) is 0 Å². The van der Waals surface area contributed by atoms with Gasteiger partial charge >= 0.3 is 0 Å². The first-order valence-electron chi connectivity index (χ1n) is 9.42. The minimum absolute atomic E-state index is 0.439. The Morgan fingerprint density at radius 3 is 2.81 bits per heavy atom. The van der Waals surface area contributed by atoms with Gasteiger partial charge in [-0.1, -0.05) is 13.0 Å². The quantitative estimate of drug-likeness (QED) is 0.603. The van der Waals surface area contributed by atoms with Crippen LogP contribution in [0, 0.1) is 0 Å². The molecular weight excluding hydrogens is 344 g/mol. The molecule has 0 unspecified atom stereocenters. The highest BCUT2D eigenvalue weighted by Gasteiger charge is 2.20. The fourth-order valence-electron chi connectivity index (χ4n) is 3.05. The van der Waals surface area contributed by atoms with Gasteiger partial charge in [0.15, 0.2) is 5.96 Å². The number of rotatable bonds is 6. The summed E-state index contributed by atoms with van der Waals surface area (Å²) in [5.74, 6) is 1.96. The molecule has 0 atom stereocenters. The van der Waals surface area contributed by atoms with Crippen molar-refractivity contribution in [3.8, 4) is 0 Å². The first-order valence-corrected chi connectivity index (χ1v) is 10.3. The van der Waals surface area contributed by atoms with Crippen LogP contribution < -0.4 is 15.5 Å². The van der Waals surface area contributed by atoms with Gasteiger partial charge in [0.1, 0.15) is 5.82 Å². The minimum atomic E-state index is 0.439. The van der Waals surface area contributed by atoms with E-state index in [1.54, 1.807) is 11.3 Å². The van der Waals surface area contributed by atoms with E-state index in [9.17, 15) is 0 Å². The van der Waals surface area contributed by atoms with Crippen LogP contribution in [0.1, 0.15) is 37.4 Å². The van der Waals surface area contributed by atoms with Crippen molar-refractivity contribution >= 4 is 23.1 Å². The first-order chi connectivity index (χ1) is 12.8. The smallest absolute Gasteiger partial charge is 0.191 e. The van der Waals surface area contributed by atoms with Crippen molar-refractivity contribution < 1.29 is 0 Å². The van der Waals surface area contributed by atoms with Crippen LogP contribution in [0.25, 0.3) is 0 Å². The molecule has 0 bridgehead atoms. The summed E-state index contributed by atoms with van der Waals surface area (Å²) in [6.07, 6.45) is 5.01. The van der Waals surface area contributed by atoms with Crippen molar-refractivity contribution in [2.24, 2.45) is 4.99 Å². The molecule has 0 radical (unpaired) electrons. The summed E-state index contributed by atoms with van der Waals surface area (Å²) >= 11 is 1.72. The van der Waals surface area contributed by atoms with E-state index < -0.39 is 0 Å². The predicted octanol–water partition coefficient (Wildman–Crippen LogP) is 2.82. The fourth-order valence-corrected chi connectivity index (χ4v) is 3.79. The number of hydrogen-bond acceptors (Lipinski definition) is 5. The van der Waals surface area contributed by atoms with Crippen molar-refractivity contribution in [3.05, 3.63) is 40.5 Å². The molecule has 26 heavy (non-hydrogen) atoms. The van der Waals surface area contributed by atoms with Crippen molar-refractivity contribution in [1.82, 2.24) is 20.6 Å². The normalized spacial score (nSPS) is 15.9. The van der Waals surface area contributed by atoms with Crippen molar-refractivity contribution in [2.75, 3.05) is 24.5 Å². The molecule has 1 saturated heterocycles. The lowest BCUT2D eigenvalue weighted by Gasteiger charge is -2.33. The minimum Gasteiger partial charge on any atom is -0.357 e. The standard InChI is InChI=1S/C19H28N6S/c1-3-18-23-16(14-26-18)13-22-19(20-4-2)24-15-8-11-25(12-9-15)17-7-5-6-10-21-17/h5-7,10,14-15H,3-4,8-9,11-13H2,1-2H3,(H2,20,22,24). The van der Waals surface area contributed by atoms with E-state index in [-0.39, 0.29) is 0 Å². The number of aryl methyl sites for hydroxylation is 1. The number of nitrogens with zero attached hydrogens (tertiary/aromatic N) is 4. The van der Waals surface area contributed by atoms with E-state index in [1.807, 2.05) is 18.3 Å². The second kappa shape index (κ2) is 9.52. The summed E-state index contributed by atoms with van der Waals surface area (Å²) in [6, 6.07) is 6.53. The average Bonchev–Trinajstić information content (AvgIpc) is 3.16. The number of piperidine rings is 1. The third-order valence-electron chi connectivity index (χ3n) is 4.45. The highest BCUT2D eigenvalue weighted by molar-refractivity contribution is 7.09. The number of aromatic nitrogens is 2. The number of guanidine groups is 1. The largest absolute Gasteiger partial charge is 0.357 e. The zero-order valence-electron chi connectivity index (χ0n) is 15.6. The number of thiazole rings is 1. The van der Waals surface area contributed by atoms with Crippen molar-refractivity contribution in [2.45, 2.75) is 45.7 Å². The molecule has 7 heteroatoms. The van der Waals surface area contributed by atoms with Crippen LogP contribution in [0.4, 0.5) is 5.82 Å². The maximum absolute atomic E-state index is 4.72. The van der Waals surface area contributed by atoms with Crippen LogP contribution >= 0.6 is 11.3 Å². The molecule has 3 heterocycles. The van der Waals surface area contributed by atoms with Gasteiger partial charge in [0, 0.05) is 37.3 Å². The molecule has 6 nitrogen and oxygen atoms in total. The molecule has 0 aromatic carbocycles. The van der Waals surface area contributed by atoms with Crippen LogP contribution in [-0.4, -0.2) is 41.6 Å². The van der Waals surface area contributed by atoms with E-state index >= 15 is 0 Å². The number of aliphatic imine (C=N–C) groups is 1. The molecule has 2 aromatic rings. The molecular formula is C19H28N6S. The molecule has 0 aliphatic carbocycles. The van der Waals surface area contributed by atoms with E-state index in [2.05, 4.69) is 50.8 Å². The summed E-state index contributed by atoms with van der Waals surface area (Å²) < 4.78 is 0. The second-order valence-electron chi connectivity index (χ2n) is 6.37. The fraction of sp³-hybridized carbons (Fsp3) is 0.526. The Labute approximate surface area is 159 Å². The van der Waals surface area contributed by atoms with Crippen molar-refractivity contribution in [1.29, 1.82) is 0 Å². The zero-order valence-corrected chi connectivity index (χ0v) is 16.4. The van der Waals surface area contributed by atoms with Gasteiger partial charge in [-0.3, -0.25) is 0 Å². The summed E-state index contributed by atoms with van der Waals surface area (Å²) in [5, 5.41) is 10.2. The maximum Gasteiger partial charge on any atom is 0.191 e.